The number of carbonyl (C=O) groups excluding carboxylic acids is 2. The third-order valence-corrected chi connectivity index (χ3v) is 2.49. The van der Waals surface area contributed by atoms with Gasteiger partial charge in [0.25, 0.3) is 0 Å². The van der Waals surface area contributed by atoms with Crippen molar-refractivity contribution in [1.82, 2.24) is 0 Å². The van der Waals surface area contributed by atoms with Crippen molar-refractivity contribution >= 4 is 11.6 Å². The van der Waals surface area contributed by atoms with Crippen LogP contribution in [0.15, 0.2) is 24.3 Å². The van der Waals surface area contributed by atoms with Crippen LogP contribution in [-0.4, -0.2) is 31.4 Å². The van der Waals surface area contributed by atoms with Gasteiger partial charge >= 0.3 is 0 Å². The van der Waals surface area contributed by atoms with Gasteiger partial charge < -0.3 is 9.47 Å². The fraction of sp³-hybridized carbons (Fsp3) is 0.467. The molecule has 1 aromatic carbocycles. The van der Waals surface area contributed by atoms with Crippen LogP contribution in [-0.2, 0) is 9.53 Å². The minimum Gasteiger partial charge on any atom is -0.491 e. The fourth-order valence-corrected chi connectivity index (χ4v) is 1.58. The SMILES string of the molecule is COCCC(=O)CC(=O)c1ccc(OC(C)C)cc1. The highest BCUT2D eigenvalue weighted by Crippen LogP contribution is 2.15. The number of Topliss-reactive ketones (excluding diaryl/α,β-unsaturated/α-hetero) is 2. The molecule has 0 aliphatic rings. The minimum absolute atomic E-state index is 0.0757. The van der Waals surface area contributed by atoms with Crippen LogP contribution in [0.2, 0.25) is 0 Å². The zero-order valence-corrected chi connectivity index (χ0v) is 11.6. The Morgan fingerprint density at radius 2 is 1.79 bits per heavy atom. The second kappa shape index (κ2) is 7.69. The van der Waals surface area contributed by atoms with Crippen molar-refractivity contribution < 1.29 is 19.1 Å². The van der Waals surface area contributed by atoms with Gasteiger partial charge in [-0.3, -0.25) is 9.59 Å². The molecular formula is C15H20O4. The van der Waals surface area contributed by atoms with Crippen LogP contribution >= 0.6 is 0 Å². The van der Waals surface area contributed by atoms with Crippen molar-refractivity contribution in [2.45, 2.75) is 32.8 Å². The maximum atomic E-state index is 11.8. The Balaban J connectivity index is 2.55. The van der Waals surface area contributed by atoms with E-state index in [2.05, 4.69) is 0 Å². The third kappa shape index (κ3) is 5.66. The van der Waals surface area contributed by atoms with Gasteiger partial charge in [0.15, 0.2) is 5.78 Å². The molecule has 0 amide bonds. The zero-order chi connectivity index (χ0) is 14.3. The Morgan fingerprint density at radius 1 is 1.16 bits per heavy atom. The van der Waals surface area contributed by atoms with Crippen molar-refractivity contribution in [2.75, 3.05) is 13.7 Å². The first kappa shape index (κ1) is 15.4. The van der Waals surface area contributed by atoms with E-state index in [-0.39, 0.29) is 30.5 Å². The summed E-state index contributed by atoms with van der Waals surface area (Å²) in [6.45, 7) is 4.23. The molecule has 0 fully saturated rings. The number of hydrogen-bond donors (Lipinski definition) is 0. The lowest BCUT2D eigenvalue weighted by atomic mass is 10.0. The summed E-state index contributed by atoms with van der Waals surface area (Å²) in [7, 11) is 1.53. The summed E-state index contributed by atoms with van der Waals surface area (Å²) in [6.07, 6.45) is 0.294. The average molecular weight is 264 g/mol. The van der Waals surface area contributed by atoms with Crippen molar-refractivity contribution in [2.24, 2.45) is 0 Å². The van der Waals surface area contributed by atoms with E-state index in [1.807, 2.05) is 13.8 Å². The van der Waals surface area contributed by atoms with Crippen molar-refractivity contribution in [3.8, 4) is 5.75 Å². The fourth-order valence-electron chi connectivity index (χ4n) is 1.58. The normalized spacial score (nSPS) is 10.5. The van der Waals surface area contributed by atoms with Crippen LogP contribution in [0.1, 0.15) is 37.0 Å². The Kier molecular flexibility index (Phi) is 6.22. The predicted molar refractivity (Wildman–Crippen MR) is 72.7 cm³/mol. The van der Waals surface area contributed by atoms with Gasteiger partial charge in [-0.25, -0.2) is 0 Å². The second-order valence-corrected chi connectivity index (χ2v) is 4.57. The molecule has 0 saturated carbocycles. The van der Waals surface area contributed by atoms with Gasteiger partial charge in [0.05, 0.1) is 19.1 Å². The van der Waals surface area contributed by atoms with E-state index in [1.165, 1.54) is 7.11 Å². The van der Waals surface area contributed by atoms with Crippen LogP contribution in [0.4, 0.5) is 0 Å². The van der Waals surface area contributed by atoms with Gasteiger partial charge in [0.1, 0.15) is 11.5 Å². The Bertz CT molecular complexity index is 420. The van der Waals surface area contributed by atoms with Gasteiger partial charge in [0.2, 0.25) is 0 Å². The van der Waals surface area contributed by atoms with Gasteiger partial charge in [-0.15, -0.1) is 0 Å². The topological polar surface area (TPSA) is 52.6 Å². The van der Waals surface area contributed by atoms with Crippen LogP contribution in [0.3, 0.4) is 0 Å². The lowest BCUT2D eigenvalue weighted by molar-refractivity contribution is -0.119. The Labute approximate surface area is 113 Å². The van der Waals surface area contributed by atoms with E-state index in [0.29, 0.717) is 12.2 Å². The Morgan fingerprint density at radius 3 is 2.32 bits per heavy atom. The number of hydrogen-bond acceptors (Lipinski definition) is 4. The molecule has 0 aromatic heterocycles. The van der Waals surface area contributed by atoms with E-state index < -0.39 is 0 Å². The Hall–Kier alpha value is -1.68. The third-order valence-electron chi connectivity index (χ3n) is 2.49. The van der Waals surface area contributed by atoms with E-state index in [1.54, 1.807) is 24.3 Å². The summed E-state index contributed by atoms with van der Waals surface area (Å²) in [6, 6.07) is 6.85. The number of benzene rings is 1. The lowest BCUT2D eigenvalue weighted by Gasteiger charge is -2.09. The molecule has 0 spiro atoms. The zero-order valence-electron chi connectivity index (χ0n) is 11.6. The molecule has 0 bridgehead atoms. The summed E-state index contributed by atoms with van der Waals surface area (Å²) >= 11 is 0. The average Bonchev–Trinajstić information content (AvgIpc) is 2.36. The van der Waals surface area contributed by atoms with Crippen molar-refractivity contribution in [3.05, 3.63) is 29.8 Å². The number of ether oxygens (including phenoxy) is 2. The molecule has 4 heteroatoms. The molecule has 19 heavy (non-hydrogen) atoms. The maximum absolute atomic E-state index is 11.8. The molecule has 0 saturated heterocycles. The maximum Gasteiger partial charge on any atom is 0.170 e. The van der Waals surface area contributed by atoms with Crippen LogP contribution < -0.4 is 4.74 Å². The first-order chi connectivity index (χ1) is 9.02. The quantitative estimate of drug-likeness (QED) is 0.535. The number of methoxy groups -OCH3 is 1. The van der Waals surface area contributed by atoms with Gasteiger partial charge in [-0.05, 0) is 38.1 Å². The van der Waals surface area contributed by atoms with E-state index in [4.69, 9.17) is 9.47 Å². The number of ketones is 2. The van der Waals surface area contributed by atoms with Gasteiger partial charge in [-0.1, -0.05) is 0 Å². The first-order valence-corrected chi connectivity index (χ1v) is 6.33. The molecule has 0 heterocycles. The molecule has 104 valence electrons. The summed E-state index contributed by atoms with van der Waals surface area (Å²) in [4.78, 5) is 23.3. The lowest BCUT2D eigenvalue weighted by Crippen LogP contribution is -2.10. The minimum atomic E-state index is -0.169. The standard InChI is InChI=1S/C15H20O4/c1-11(2)19-14-6-4-12(5-7-14)15(17)10-13(16)8-9-18-3/h4-7,11H,8-10H2,1-3H3. The molecule has 4 nitrogen and oxygen atoms in total. The highest BCUT2D eigenvalue weighted by atomic mass is 16.5. The number of rotatable bonds is 8. The molecule has 0 radical (unpaired) electrons. The van der Waals surface area contributed by atoms with Crippen molar-refractivity contribution in [3.63, 3.8) is 0 Å². The smallest absolute Gasteiger partial charge is 0.170 e. The van der Waals surface area contributed by atoms with Crippen molar-refractivity contribution in [1.29, 1.82) is 0 Å². The summed E-state index contributed by atoms with van der Waals surface area (Å²) in [5.41, 5.74) is 0.530. The van der Waals surface area contributed by atoms with E-state index >= 15 is 0 Å². The molecule has 0 N–H and O–H groups in total. The summed E-state index contributed by atoms with van der Waals surface area (Å²) in [5.74, 6) is 0.448. The van der Waals surface area contributed by atoms with Crippen LogP contribution in [0, 0.1) is 0 Å². The molecule has 0 unspecified atom stereocenters. The molecule has 0 atom stereocenters. The van der Waals surface area contributed by atoms with Crippen LogP contribution in [0.5, 0.6) is 5.75 Å². The largest absolute Gasteiger partial charge is 0.491 e. The van der Waals surface area contributed by atoms with E-state index in [0.717, 1.165) is 5.75 Å². The molecule has 0 aliphatic heterocycles. The van der Waals surface area contributed by atoms with Gasteiger partial charge in [0, 0.05) is 19.1 Å². The molecule has 0 aliphatic carbocycles. The molecule has 1 rings (SSSR count). The van der Waals surface area contributed by atoms with Crippen LogP contribution in [0.25, 0.3) is 0 Å². The predicted octanol–water partition coefficient (Wildman–Crippen LogP) is 2.65. The highest BCUT2D eigenvalue weighted by Gasteiger charge is 2.11. The number of carbonyl (C=O) groups is 2. The molecule has 1 aromatic rings. The van der Waals surface area contributed by atoms with Gasteiger partial charge in [-0.2, -0.15) is 0 Å². The highest BCUT2D eigenvalue weighted by molar-refractivity contribution is 6.07. The summed E-state index contributed by atoms with van der Waals surface area (Å²) < 4.78 is 10.3. The van der Waals surface area contributed by atoms with E-state index in [9.17, 15) is 9.59 Å². The molecular weight excluding hydrogens is 244 g/mol. The summed E-state index contributed by atoms with van der Waals surface area (Å²) in [5, 5.41) is 0. The second-order valence-electron chi connectivity index (χ2n) is 4.57. The first-order valence-electron chi connectivity index (χ1n) is 6.33. The monoisotopic (exact) mass is 264 g/mol.